The molecule has 0 bridgehead atoms. The molecule has 9 nitrogen and oxygen atoms in total. The molecule has 3 aromatic heterocycles. The molecule has 1 amide bonds. The lowest BCUT2D eigenvalue weighted by atomic mass is 10.0. The lowest BCUT2D eigenvalue weighted by Crippen LogP contribution is -2.30. The van der Waals surface area contributed by atoms with Gasteiger partial charge in [-0.3, -0.25) is 19.8 Å². The Morgan fingerprint density at radius 3 is 2.41 bits per heavy atom. The van der Waals surface area contributed by atoms with Gasteiger partial charge in [0.25, 0.3) is 5.91 Å². The van der Waals surface area contributed by atoms with Crippen molar-refractivity contribution < 1.29 is 9.90 Å². The van der Waals surface area contributed by atoms with E-state index < -0.39 is 5.91 Å². The lowest BCUT2D eigenvalue weighted by molar-refractivity contribution is 0.0955. The van der Waals surface area contributed by atoms with E-state index in [9.17, 15) is 14.7 Å². The number of amides is 1. The van der Waals surface area contributed by atoms with E-state index in [1.165, 1.54) is 4.57 Å². The second-order valence-electron chi connectivity index (χ2n) is 9.29. The quantitative estimate of drug-likeness (QED) is 0.146. The topological polar surface area (TPSA) is 128 Å². The number of hydrazine groups is 1. The molecule has 6 rings (SSSR count). The summed E-state index contributed by atoms with van der Waals surface area (Å²) in [5.74, 6) is 11.3. The Hall–Kier alpha value is -5.20. The van der Waals surface area contributed by atoms with E-state index in [4.69, 9.17) is 5.84 Å². The molecule has 0 atom stereocenters. The Kier molecular flexibility index (Phi) is 6.15. The Labute approximate surface area is 223 Å². The highest BCUT2D eigenvalue weighted by Crippen LogP contribution is 2.26. The van der Waals surface area contributed by atoms with Crippen LogP contribution < -0.4 is 17.0 Å². The first-order valence-electron chi connectivity index (χ1n) is 12.6. The Bertz CT molecular complexity index is 1840. The van der Waals surface area contributed by atoms with Crippen molar-refractivity contribution in [3.63, 3.8) is 0 Å². The van der Waals surface area contributed by atoms with E-state index in [-0.39, 0.29) is 11.6 Å². The third-order valence-electron chi connectivity index (χ3n) is 6.91. The Balaban J connectivity index is 1.24. The predicted octanol–water partition coefficient (Wildman–Crippen LogP) is 3.29. The first-order valence-corrected chi connectivity index (χ1v) is 12.6. The second-order valence-corrected chi connectivity index (χ2v) is 9.29. The number of benzene rings is 2. The molecule has 0 spiro atoms. The zero-order valence-electron chi connectivity index (χ0n) is 20.9. The average Bonchev–Trinajstić information content (AvgIpc) is 3.25. The molecule has 4 heterocycles. The predicted molar refractivity (Wildman–Crippen MR) is 147 cm³/mol. The summed E-state index contributed by atoms with van der Waals surface area (Å²) in [4.78, 5) is 33.9. The minimum atomic E-state index is -0.415. The van der Waals surface area contributed by atoms with Gasteiger partial charge < -0.3 is 5.11 Å². The van der Waals surface area contributed by atoms with Crippen LogP contribution >= 0.6 is 0 Å². The highest BCUT2D eigenvalue weighted by molar-refractivity contribution is 6.06. The minimum absolute atomic E-state index is 0.0203. The van der Waals surface area contributed by atoms with Gasteiger partial charge in [-0.1, -0.05) is 24.0 Å². The Morgan fingerprint density at radius 2 is 1.72 bits per heavy atom. The molecule has 0 unspecified atom stereocenters. The van der Waals surface area contributed by atoms with Gasteiger partial charge in [-0.15, -0.1) is 0 Å². The van der Waals surface area contributed by atoms with Crippen LogP contribution in [0, 0.1) is 11.8 Å². The summed E-state index contributed by atoms with van der Waals surface area (Å²) >= 11 is 0. The van der Waals surface area contributed by atoms with Gasteiger partial charge in [0.1, 0.15) is 0 Å². The van der Waals surface area contributed by atoms with Crippen molar-refractivity contribution in [1.29, 1.82) is 0 Å². The standard InChI is InChI=1S/C30H24N6O3/c31-34-28(37)23-17-26(33-25-14-15-32-18-24(23)25)21-10-6-19(7-11-21)4-5-20-8-12-22(13-9-20)36-29(38)27-3-1-2-16-35(27)30(36)39/h6-15,17-18,38H,1-3,16,31H2,(H,34,37). The maximum atomic E-state index is 12.8. The summed E-state index contributed by atoms with van der Waals surface area (Å²) in [5.41, 5.74) is 7.36. The normalized spacial score (nSPS) is 12.4. The number of hydrogen-bond donors (Lipinski definition) is 3. The molecule has 0 saturated carbocycles. The minimum Gasteiger partial charge on any atom is -0.493 e. The van der Waals surface area contributed by atoms with Crippen LogP contribution in [0.5, 0.6) is 5.88 Å². The number of nitrogens with two attached hydrogens (primary N) is 1. The first kappa shape index (κ1) is 24.2. The fourth-order valence-corrected chi connectivity index (χ4v) is 4.89. The van der Waals surface area contributed by atoms with Gasteiger partial charge in [0.15, 0.2) is 0 Å². The molecule has 1 aliphatic heterocycles. The number of aromatic hydroxyl groups is 1. The van der Waals surface area contributed by atoms with Crippen LogP contribution in [-0.2, 0) is 13.0 Å². The lowest BCUT2D eigenvalue weighted by Gasteiger charge is -2.11. The fourth-order valence-electron chi connectivity index (χ4n) is 4.89. The maximum absolute atomic E-state index is 12.8. The number of nitrogens with zero attached hydrogens (tertiary/aromatic N) is 4. The molecular weight excluding hydrogens is 492 g/mol. The Morgan fingerprint density at radius 1 is 1.00 bits per heavy atom. The molecule has 4 N–H and O–H groups in total. The van der Waals surface area contributed by atoms with E-state index in [1.54, 1.807) is 41.2 Å². The number of carbonyl (C=O) groups is 1. The molecule has 9 heteroatoms. The number of nitrogens with one attached hydrogen (secondary N) is 1. The van der Waals surface area contributed by atoms with Crippen LogP contribution in [-0.4, -0.2) is 30.1 Å². The first-order chi connectivity index (χ1) is 19.0. The smallest absolute Gasteiger partial charge is 0.335 e. The SMILES string of the molecule is NNC(=O)c1cc(-c2ccc(C#Cc3ccc(-n4c(O)c5n(c4=O)CCCC5)cc3)cc2)nc2ccncc12. The van der Waals surface area contributed by atoms with Crippen molar-refractivity contribution in [2.45, 2.75) is 25.8 Å². The third kappa shape index (κ3) is 4.43. The number of hydrogen-bond acceptors (Lipinski definition) is 6. The number of aromatic nitrogens is 4. The molecular formula is C30H24N6O3. The van der Waals surface area contributed by atoms with Crippen LogP contribution in [0.4, 0.5) is 0 Å². The van der Waals surface area contributed by atoms with E-state index in [0.29, 0.717) is 46.5 Å². The monoisotopic (exact) mass is 516 g/mol. The molecule has 0 saturated heterocycles. The van der Waals surface area contributed by atoms with E-state index in [1.807, 2.05) is 36.4 Å². The van der Waals surface area contributed by atoms with Gasteiger partial charge in [0, 0.05) is 41.0 Å². The molecule has 1 aliphatic rings. The summed E-state index contributed by atoms with van der Waals surface area (Å²) in [5, 5.41) is 11.2. The zero-order valence-corrected chi connectivity index (χ0v) is 20.9. The molecule has 0 radical (unpaired) electrons. The van der Waals surface area contributed by atoms with Crippen molar-refractivity contribution in [2.75, 3.05) is 0 Å². The van der Waals surface area contributed by atoms with Crippen LogP contribution in [0.3, 0.4) is 0 Å². The largest absolute Gasteiger partial charge is 0.493 e. The summed E-state index contributed by atoms with van der Waals surface area (Å²) in [6.07, 6.45) is 5.83. The van der Waals surface area contributed by atoms with Crippen molar-refractivity contribution in [3.8, 4) is 34.7 Å². The highest BCUT2D eigenvalue weighted by Gasteiger charge is 2.22. The van der Waals surface area contributed by atoms with Gasteiger partial charge in [0.05, 0.1) is 28.2 Å². The van der Waals surface area contributed by atoms with Crippen LogP contribution in [0.25, 0.3) is 27.8 Å². The van der Waals surface area contributed by atoms with E-state index in [2.05, 4.69) is 27.2 Å². The van der Waals surface area contributed by atoms with Crippen LogP contribution in [0.1, 0.15) is 40.0 Å². The van der Waals surface area contributed by atoms with Crippen molar-refractivity contribution >= 4 is 16.8 Å². The number of carbonyl (C=O) groups excluding carboxylic acids is 1. The molecule has 5 aromatic rings. The van der Waals surface area contributed by atoms with Gasteiger partial charge in [0.2, 0.25) is 5.88 Å². The van der Waals surface area contributed by atoms with Gasteiger partial charge >= 0.3 is 5.69 Å². The van der Waals surface area contributed by atoms with Gasteiger partial charge in [-0.05, 0) is 67.8 Å². The maximum Gasteiger partial charge on any atom is 0.335 e. The van der Waals surface area contributed by atoms with E-state index >= 15 is 0 Å². The zero-order chi connectivity index (χ0) is 26.9. The summed E-state index contributed by atoms with van der Waals surface area (Å²) < 4.78 is 3.02. The third-order valence-corrected chi connectivity index (χ3v) is 6.91. The number of pyridine rings is 2. The van der Waals surface area contributed by atoms with E-state index in [0.717, 1.165) is 29.5 Å². The summed E-state index contributed by atoms with van der Waals surface area (Å²) in [6.45, 7) is 0.635. The van der Waals surface area contributed by atoms with Gasteiger partial charge in [-0.25, -0.2) is 20.2 Å². The van der Waals surface area contributed by atoms with Crippen molar-refractivity contribution in [1.82, 2.24) is 24.5 Å². The number of fused-ring (bicyclic) bond motifs is 2. The number of nitrogen functional groups attached to an aromatic ring is 1. The summed E-state index contributed by atoms with van der Waals surface area (Å²) in [6, 6.07) is 18.3. The molecule has 2 aromatic carbocycles. The molecule has 192 valence electrons. The van der Waals surface area contributed by atoms with Crippen LogP contribution in [0.2, 0.25) is 0 Å². The van der Waals surface area contributed by atoms with Gasteiger partial charge in [-0.2, -0.15) is 0 Å². The molecule has 0 aliphatic carbocycles. The average molecular weight is 517 g/mol. The van der Waals surface area contributed by atoms with Crippen LogP contribution in [0.15, 0.2) is 77.9 Å². The number of imidazole rings is 1. The molecule has 39 heavy (non-hydrogen) atoms. The fraction of sp³-hybridized carbons (Fsp3) is 0.133. The number of rotatable bonds is 3. The van der Waals surface area contributed by atoms with Crippen molar-refractivity contribution in [2.24, 2.45) is 5.84 Å². The summed E-state index contributed by atoms with van der Waals surface area (Å²) in [7, 11) is 0. The molecule has 0 fully saturated rings. The second kappa shape index (κ2) is 9.93. The highest BCUT2D eigenvalue weighted by atomic mass is 16.3. The van der Waals surface area contributed by atoms with Crippen molar-refractivity contribution in [3.05, 3.63) is 106 Å².